The van der Waals surface area contributed by atoms with Gasteiger partial charge in [0.25, 0.3) is 0 Å². The van der Waals surface area contributed by atoms with Crippen molar-refractivity contribution < 1.29 is 5.48 Å². The van der Waals surface area contributed by atoms with Crippen LogP contribution >= 0.6 is 11.8 Å². The molecule has 0 fully saturated rings. The molecule has 0 radical (unpaired) electrons. The molecule has 3 heteroatoms. The Morgan fingerprint density at radius 3 is 2.67 bits per heavy atom. The molecular weight excluding hydrogens is 98.1 g/mol. The molecule has 0 saturated heterocycles. The molecule has 0 aromatic carbocycles. The zero-order valence-corrected chi connectivity index (χ0v) is 4.09. The van der Waals surface area contributed by atoms with Crippen LogP contribution in [0.15, 0.2) is 11.6 Å². The summed E-state index contributed by atoms with van der Waals surface area (Å²) in [5.74, 6) is 1.06. The van der Waals surface area contributed by atoms with Crippen molar-refractivity contribution in [2.75, 3.05) is 5.88 Å². The first-order valence-electron chi connectivity index (χ1n) is 1.50. The summed E-state index contributed by atoms with van der Waals surface area (Å²) in [5, 5.41) is 5.05. The Morgan fingerprint density at radius 2 is 2.50 bits per heavy atom. The van der Waals surface area contributed by atoms with Crippen molar-refractivity contribution in [3.63, 3.8) is 0 Å². The minimum Gasteiger partial charge on any atom is -0.412 e. The second-order valence-electron chi connectivity index (χ2n) is 0.818. The fourth-order valence-electron chi connectivity index (χ4n) is 0.241. The van der Waals surface area contributed by atoms with E-state index in [1.807, 2.05) is 11.6 Å². The van der Waals surface area contributed by atoms with E-state index in [-0.39, 0.29) is 5.48 Å². The van der Waals surface area contributed by atoms with E-state index in [0.29, 0.717) is 0 Å². The molecule has 6 heavy (non-hydrogen) atoms. The van der Waals surface area contributed by atoms with Crippen molar-refractivity contribution >= 4 is 11.8 Å². The fourth-order valence-corrected chi connectivity index (χ4v) is 0.722. The summed E-state index contributed by atoms with van der Waals surface area (Å²) in [4.78, 5) is 0. The highest BCUT2D eigenvalue weighted by molar-refractivity contribution is 8.02. The van der Waals surface area contributed by atoms with Gasteiger partial charge in [0.05, 0.1) is 5.88 Å². The molecule has 1 aliphatic heterocycles. The second kappa shape index (κ2) is 3.06. The Kier molecular flexibility index (Phi) is 2.98. The highest BCUT2D eigenvalue weighted by Gasteiger charge is 1.81. The van der Waals surface area contributed by atoms with Crippen LogP contribution in [-0.2, 0) is 0 Å². The first-order chi connectivity index (χ1) is 2.50. The van der Waals surface area contributed by atoms with E-state index >= 15 is 0 Å². The number of thioether (sulfide) groups is 1. The van der Waals surface area contributed by atoms with Crippen molar-refractivity contribution in [3.8, 4) is 0 Å². The van der Waals surface area contributed by atoms with Crippen molar-refractivity contribution in [1.29, 1.82) is 0 Å². The van der Waals surface area contributed by atoms with E-state index in [1.165, 1.54) is 0 Å². The van der Waals surface area contributed by atoms with E-state index in [4.69, 9.17) is 0 Å². The van der Waals surface area contributed by atoms with Gasteiger partial charge < -0.3 is 10.8 Å². The molecule has 0 atom stereocenters. The minimum atomic E-state index is 0. The summed E-state index contributed by atoms with van der Waals surface area (Å²) >= 11 is 1.78. The molecule has 1 heterocycles. The Bertz CT molecular complexity index is 48.8. The molecule has 0 unspecified atom stereocenters. The lowest BCUT2D eigenvalue weighted by atomic mass is 11.0. The van der Waals surface area contributed by atoms with Gasteiger partial charge in [-0.15, -0.1) is 11.8 Å². The molecule has 0 spiro atoms. The molecule has 1 rings (SSSR count). The molecular formula is C3H7NOS. The largest absolute Gasteiger partial charge is 0.412 e. The van der Waals surface area contributed by atoms with Crippen LogP contribution in [0.1, 0.15) is 0 Å². The number of hydrogen-bond acceptors (Lipinski definition) is 2. The van der Waals surface area contributed by atoms with Crippen LogP contribution in [0.5, 0.6) is 0 Å². The maximum Gasteiger partial charge on any atom is 0.0646 e. The van der Waals surface area contributed by atoms with Gasteiger partial charge in [-0.05, 0) is 5.41 Å². The van der Waals surface area contributed by atoms with Crippen molar-refractivity contribution in [2.45, 2.75) is 0 Å². The van der Waals surface area contributed by atoms with Gasteiger partial charge in [0, 0.05) is 6.20 Å². The Labute approximate surface area is 40.9 Å². The van der Waals surface area contributed by atoms with Crippen LogP contribution in [0.25, 0.3) is 0 Å². The highest BCUT2D eigenvalue weighted by Crippen LogP contribution is 2.02. The van der Waals surface area contributed by atoms with E-state index in [1.54, 1.807) is 11.8 Å². The lowest BCUT2D eigenvalue weighted by molar-refractivity contribution is 0.824. The SMILES string of the molecule is C1=CSCN1.O. The smallest absolute Gasteiger partial charge is 0.0646 e. The van der Waals surface area contributed by atoms with Crippen LogP contribution in [0, 0.1) is 0 Å². The Balaban J connectivity index is 0.000000250. The van der Waals surface area contributed by atoms with Crippen molar-refractivity contribution in [2.24, 2.45) is 0 Å². The predicted octanol–water partition coefficient (Wildman–Crippen LogP) is -0.0732. The quantitative estimate of drug-likeness (QED) is 0.468. The summed E-state index contributed by atoms with van der Waals surface area (Å²) in [7, 11) is 0. The third-order valence-corrected chi connectivity index (χ3v) is 1.11. The zero-order valence-electron chi connectivity index (χ0n) is 3.27. The summed E-state index contributed by atoms with van der Waals surface area (Å²) in [6.07, 6.45) is 1.95. The van der Waals surface area contributed by atoms with Gasteiger partial charge in [0.15, 0.2) is 0 Å². The molecule has 2 nitrogen and oxygen atoms in total. The van der Waals surface area contributed by atoms with E-state index in [0.717, 1.165) is 5.88 Å². The maximum absolute atomic E-state index is 3.00. The molecule has 3 N–H and O–H groups in total. The van der Waals surface area contributed by atoms with Crippen LogP contribution in [-0.4, -0.2) is 11.4 Å². The normalized spacial score (nSPS) is 16.0. The van der Waals surface area contributed by atoms with Crippen LogP contribution in [0.3, 0.4) is 0 Å². The Hall–Kier alpha value is -0.150. The Morgan fingerprint density at radius 1 is 1.67 bits per heavy atom. The predicted molar refractivity (Wildman–Crippen MR) is 28.3 cm³/mol. The summed E-state index contributed by atoms with van der Waals surface area (Å²) in [5.41, 5.74) is 0. The van der Waals surface area contributed by atoms with E-state index in [9.17, 15) is 0 Å². The minimum absolute atomic E-state index is 0. The van der Waals surface area contributed by atoms with Crippen molar-refractivity contribution in [1.82, 2.24) is 5.32 Å². The number of hydrogen-bond donors (Lipinski definition) is 1. The molecule has 0 aromatic heterocycles. The average Bonchev–Trinajstić information content (AvgIpc) is 1.76. The van der Waals surface area contributed by atoms with Gasteiger partial charge in [-0.1, -0.05) is 0 Å². The van der Waals surface area contributed by atoms with Gasteiger partial charge in [0.1, 0.15) is 0 Å². The third-order valence-electron chi connectivity index (χ3n) is 0.449. The van der Waals surface area contributed by atoms with E-state index in [2.05, 4.69) is 5.32 Å². The number of rotatable bonds is 0. The lowest BCUT2D eigenvalue weighted by Crippen LogP contribution is -1.93. The highest BCUT2D eigenvalue weighted by atomic mass is 32.2. The molecule has 0 bridgehead atoms. The average molecular weight is 105 g/mol. The van der Waals surface area contributed by atoms with Crippen LogP contribution < -0.4 is 5.32 Å². The number of nitrogens with one attached hydrogen (secondary N) is 1. The third kappa shape index (κ3) is 1.33. The molecule has 0 aromatic rings. The van der Waals surface area contributed by atoms with E-state index < -0.39 is 0 Å². The maximum atomic E-state index is 3.00. The second-order valence-corrected chi connectivity index (χ2v) is 1.71. The monoisotopic (exact) mass is 105 g/mol. The van der Waals surface area contributed by atoms with Gasteiger partial charge in [-0.25, -0.2) is 0 Å². The standard InChI is InChI=1S/C3H5NS.H2O/c1-2-5-3-4-1;/h1-2,4H,3H2;1H2. The van der Waals surface area contributed by atoms with Gasteiger partial charge >= 0.3 is 0 Å². The lowest BCUT2D eigenvalue weighted by Gasteiger charge is -1.77. The first kappa shape index (κ1) is 5.85. The van der Waals surface area contributed by atoms with Crippen LogP contribution in [0.4, 0.5) is 0 Å². The zero-order chi connectivity index (χ0) is 3.54. The summed E-state index contributed by atoms with van der Waals surface area (Å²) < 4.78 is 0. The van der Waals surface area contributed by atoms with Gasteiger partial charge in [-0.2, -0.15) is 0 Å². The molecule has 0 amide bonds. The van der Waals surface area contributed by atoms with Crippen molar-refractivity contribution in [3.05, 3.63) is 11.6 Å². The topological polar surface area (TPSA) is 43.5 Å². The summed E-state index contributed by atoms with van der Waals surface area (Å²) in [6.45, 7) is 0. The molecule has 36 valence electrons. The van der Waals surface area contributed by atoms with Gasteiger partial charge in [-0.3, -0.25) is 0 Å². The molecule has 0 saturated carbocycles. The summed E-state index contributed by atoms with van der Waals surface area (Å²) in [6, 6.07) is 0. The molecule has 1 aliphatic rings. The fraction of sp³-hybridized carbons (Fsp3) is 0.333. The van der Waals surface area contributed by atoms with Gasteiger partial charge in [0.2, 0.25) is 0 Å². The first-order valence-corrected chi connectivity index (χ1v) is 2.55. The molecule has 0 aliphatic carbocycles. The van der Waals surface area contributed by atoms with Crippen LogP contribution in [0.2, 0.25) is 0 Å².